The summed E-state index contributed by atoms with van der Waals surface area (Å²) in [7, 11) is -11.7. The van der Waals surface area contributed by atoms with E-state index in [0.29, 0.717) is 49.9 Å². The van der Waals surface area contributed by atoms with Gasteiger partial charge in [-0.05, 0) is 82.4 Å². The smallest absolute Gasteiger partial charge is 0.418 e. The molecule has 0 fully saturated rings. The highest BCUT2D eigenvalue weighted by atomic mass is 28.5. The molecular weight excluding hydrogens is 697 g/mol. The third-order valence-electron chi connectivity index (χ3n) is 12.7. The summed E-state index contributed by atoms with van der Waals surface area (Å²) in [4.78, 5) is 0. The summed E-state index contributed by atoms with van der Waals surface area (Å²) in [5, 5.41) is 0. The average molecular weight is 792 g/mol. The van der Waals surface area contributed by atoms with Gasteiger partial charge in [0.1, 0.15) is 0 Å². The first-order valence-corrected chi connectivity index (χ1v) is 33.1. The molecule has 9 heteroatoms. The molecule has 0 aromatic rings. The zero-order chi connectivity index (χ0) is 39.3. The molecule has 0 aliphatic heterocycles. The molecule has 0 aromatic heterocycles. The van der Waals surface area contributed by atoms with Gasteiger partial charge in [-0.2, -0.15) is 0 Å². The fourth-order valence-corrected chi connectivity index (χ4v) is 43.0. The Bertz CT molecular complexity index is 752. The zero-order valence-corrected chi connectivity index (χ0v) is 43.1. The third kappa shape index (κ3) is 13.3. The summed E-state index contributed by atoms with van der Waals surface area (Å²) >= 11 is 0. The second-order valence-electron chi connectivity index (χ2n) is 19.5. The van der Waals surface area contributed by atoms with Crippen molar-refractivity contribution in [2.45, 2.75) is 258 Å². The molecule has 0 aromatic carbocycles. The molecule has 0 saturated carbocycles. The Hall–Kier alpha value is 0.924. The van der Waals surface area contributed by atoms with E-state index in [1.807, 2.05) is 0 Å². The van der Waals surface area contributed by atoms with Crippen molar-refractivity contribution in [1.29, 1.82) is 0 Å². The van der Waals surface area contributed by atoms with Gasteiger partial charge in [0.2, 0.25) is 0 Å². The van der Waals surface area contributed by atoms with Gasteiger partial charge in [-0.3, -0.25) is 0 Å². The molecule has 0 radical (unpaired) electrons. The fraction of sp³-hybridized carbons (Fsp3) is 1.00. The van der Waals surface area contributed by atoms with E-state index < -0.39 is 42.1 Å². The largest absolute Gasteiger partial charge is 0.469 e. The molecule has 50 heavy (non-hydrogen) atoms. The fourth-order valence-electron chi connectivity index (χ4n) is 10.5. The van der Waals surface area contributed by atoms with Gasteiger partial charge in [-0.25, -0.2) is 0 Å². The van der Waals surface area contributed by atoms with Crippen LogP contribution in [-0.4, -0.2) is 48.7 Å². The van der Waals surface area contributed by atoms with Crippen LogP contribution in [0.5, 0.6) is 0 Å². The first-order valence-electron chi connectivity index (χ1n) is 21.6. The van der Waals surface area contributed by atoms with Crippen LogP contribution in [0.3, 0.4) is 0 Å². The van der Waals surface area contributed by atoms with Crippen LogP contribution in [0.15, 0.2) is 0 Å². The first kappa shape index (κ1) is 50.9. The topological polar surface area (TPSA) is 36.9 Å². The van der Waals surface area contributed by atoms with Gasteiger partial charge in [0.25, 0.3) is 0 Å². The van der Waals surface area contributed by atoms with E-state index >= 15 is 0 Å². The standard InChI is InChI=1S/C41H94O4Si5/c1-22-42-46(20,21)31-29-27-25-23-24-26-28-30-32-47(43-48(33(2)3,34(4)5)35(6)7,44-49(36(8)9,37(10)11)38(12)13)45-50(39(14)15,40(16)17)41(18)19/h33-41H,22-32H2,1-21H3. The lowest BCUT2D eigenvalue weighted by Crippen LogP contribution is -2.69. The predicted molar refractivity (Wildman–Crippen MR) is 238 cm³/mol. The maximum atomic E-state index is 8.23. The minimum atomic E-state index is -3.20. The minimum Gasteiger partial charge on any atom is -0.418 e. The van der Waals surface area contributed by atoms with E-state index in [1.165, 1.54) is 51.0 Å². The van der Waals surface area contributed by atoms with E-state index in [0.717, 1.165) is 19.1 Å². The summed E-state index contributed by atoms with van der Waals surface area (Å²) in [5.41, 5.74) is 4.41. The molecule has 0 rings (SSSR count). The van der Waals surface area contributed by atoms with Crippen molar-refractivity contribution < 1.29 is 16.8 Å². The molecule has 0 saturated heterocycles. The van der Waals surface area contributed by atoms with E-state index in [1.54, 1.807) is 0 Å². The highest BCUT2D eigenvalue weighted by molar-refractivity contribution is 6.94. The van der Waals surface area contributed by atoms with Crippen LogP contribution in [0, 0.1) is 0 Å². The molecule has 302 valence electrons. The van der Waals surface area contributed by atoms with Crippen molar-refractivity contribution in [3.05, 3.63) is 0 Å². The molecule has 0 spiro atoms. The molecular formula is C41H94O4Si5. The molecule has 0 aliphatic rings. The van der Waals surface area contributed by atoms with E-state index in [9.17, 15) is 0 Å². The Labute approximate surface area is 322 Å². The molecule has 0 heterocycles. The molecule has 0 unspecified atom stereocenters. The number of hydrogen-bond acceptors (Lipinski definition) is 4. The van der Waals surface area contributed by atoms with Gasteiger partial charge < -0.3 is 16.8 Å². The molecule has 0 bridgehead atoms. The number of rotatable bonds is 28. The van der Waals surface area contributed by atoms with Gasteiger partial charge in [-0.1, -0.05) is 170 Å². The van der Waals surface area contributed by atoms with Crippen LogP contribution in [0.1, 0.15) is 183 Å². The minimum absolute atomic E-state index is 0.491. The maximum Gasteiger partial charge on any atom is 0.469 e. The van der Waals surface area contributed by atoms with Crippen LogP contribution in [0.25, 0.3) is 0 Å². The van der Waals surface area contributed by atoms with Crippen LogP contribution in [0.4, 0.5) is 0 Å². The highest BCUT2D eigenvalue weighted by Gasteiger charge is 2.63. The van der Waals surface area contributed by atoms with E-state index in [4.69, 9.17) is 16.8 Å². The lowest BCUT2D eigenvalue weighted by molar-refractivity contribution is 0.216. The first-order chi connectivity index (χ1) is 22.9. The summed E-state index contributed by atoms with van der Waals surface area (Å²) in [5.74, 6) is 0. The molecule has 4 nitrogen and oxygen atoms in total. The summed E-state index contributed by atoms with van der Waals surface area (Å²) < 4.78 is 30.8. The van der Waals surface area contributed by atoms with Crippen LogP contribution in [0.2, 0.25) is 75.1 Å². The van der Waals surface area contributed by atoms with Crippen LogP contribution >= 0.6 is 0 Å². The highest BCUT2D eigenvalue weighted by Crippen LogP contribution is 2.53. The van der Waals surface area contributed by atoms with Crippen molar-refractivity contribution in [2.75, 3.05) is 6.61 Å². The van der Waals surface area contributed by atoms with Crippen LogP contribution < -0.4 is 0 Å². The molecule has 0 amide bonds. The van der Waals surface area contributed by atoms with E-state index in [2.05, 4.69) is 145 Å². The molecule has 0 aliphatic carbocycles. The molecule has 0 atom stereocenters. The lowest BCUT2D eigenvalue weighted by Gasteiger charge is -2.56. The second-order valence-corrected chi connectivity index (χ2v) is 43.6. The Morgan fingerprint density at radius 3 is 0.780 bits per heavy atom. The quantitative estimate of drug-likeness (QED) is 0.0584. The van der Waals surface area contributed by atoms with E-state index in [-0.39, 0.29) is 0 Å². The summed E-state index contributed by atoms with van der Waals surface area (Å²) in [6.45, 7) is 51.8. The lowest BCUT2D eigenvalue weighted by atomic mass is 10.1. The van der Waals surface area contributed by atoms with Crippen molar-refractivity contribution in [3.63, 3.8) is 0 Å². The Balaban J connectivity index is 6.90. The van der Waals surface area contributed by atoms with Crippen molar-refractivity contribution in [2.24, 2.45) is 0 Å². The Morgan fingerprint density at radius 1 is 0.340 bits per heavy atom. The monoisotopic (exact) mass is 791 g/mol. The van der Waals surface area contributed by atoms with Crippen molar-refractivity contribution in [3.8, 4) is 0 Å². The van der Waals surface area contributed by atoms with Gasteiger partial charge in [0.05, 0.1) is 0 Å². The Morgan fingerprint density at radius 2 is 0.560 bits per heavy atom. The van der Waals surface area contributed by atoms with Gasteiger partial charge in [0, 0.05) is 12.7 Å². The Kier molecular flexibility index (Phi) is 22.9. The predicted octanol–water partition coefficient (Wildman–Crippen LogP) is 15.9. The van der Waals surface area contributed by atoms with Crippen molar-refractivity contribution in [1.82, 2.24) is 0 Å². The third-order valence-corrected chi connectivity index (χ3v) is 40.5. The van der Waals surface area contributed by atoms with Gasteiger partial charge in [0.15, 0.2) is 33.3 Å². The average Bonchev–Trinajstić information content (AvgIpc) is 2.96. The molecule has 0 N–H and O–H groups in total. The normalized spacial score (nSPS) is 14.5. The zero-order valence-electron chi connectivity index (χ0n) is 38.1. The van der Waals surface area contributed by atoms with Crippen LogP contribution in [-0.2, 0) is 16.8 Å². The number of unbranched alkanes of at least 4 members (excludes halogenated alkanes) is 7. The van der Waals surface area contributed by atoms with Gasteiger partial charge in [-0.15, -0.1) is 0 Å². The summed E-state index contributed by atoms with van der Waals surface area (Å²) in [6, 6.07) is 2.27. The van der Waals surface area contributed by atoms with Crippen molar-refractivity contribution >= 4 is 42.1 Å². The SMILES string of the molecule is CCO[Si](C)(C)CCCCCCCCCC[Si](O[Si](C(C)C)(C(C)C)C(C)C)(O[Si](C(C)C)(C(C)C)C(C)C)O[Si](C(C)C)(C(C)C)C(C)C. The second kappa shape index (κ2) is 22.5. The number of hydrogen-bond donors (Lipinski definition) is 0. The van der Waals surface area contributed by atoms with Gasteiger partial charge >= 0.3 is 8.80 Å². The maximum absolute atomic E-state index is 8.23. The summed E-state index contributed by atoms with van der Waals surface area (Å²) in [6.07, 6.45) is 10.4.